The molecule has 0 fully saturated rings. The van der Waals surface area contributed by atoms with Gasteiger partial charge in [0.05, 0.1) is 29.3 Å². The number of fused-ring (bicyclic) bond motifs is 1. The SMILES string of the molecule is CC(C)Oc1ccc(-c2nc(-c3cccc4c3OCCN(C(=O)OC(C)(C)C)C4CC(=O)[O-])no2)cc1Cl.[Na+]. The Balaban J connectivity index is 0.00000420. The van der Waals surface area contributed by atoms with Crippen LogP contribution in [-0.4, -0.2) is 52.0 Å². The number of rotatable bonds is 6. The summed E-state index contributed by atoms with van der Waals surface area (Å²) in [5.74, 6) is 0.0426. The third kappa shape index (κ3) is 7.45. The van der Waals surface area contributed by atoms with E-state index in [-0.39, 0.29) is 60.5 Å². The molecule has 0 saturated carbocycles. The fourth-order valence-corrected chi connectivity index (χ4v) is 4.30. The monoisotopic (exact) mass is 565 g/mol. The first kappa shape index (κ1) is 30.7. The number of nitrogens with zero attached hydrogens (tertiary/aromatic N) is 3. The largest absolute Gasteiger partial charge is 1.00 e. The van der Waals surface area contributed by atoms with Crippen molar-refractivity contribution in [3.63, 3.8) is 0 Å². The van der Waals surface area contributed by atoms with Crippen molar-refractivity contribution >= 4 is 23.7 Å². The predicted molar refractivity (Wildman–Crippen MR) is 137 cm³/mol. The first-order valence-electron chi connectivity index (χ1n) is 12.2. The van der Waals surface area contributed by atoms with Crippen LogP contribution < -0.4 is 44.1 Å². The molecular weight excluding hydrogens is 537 g/mol. The molecule has 202 valence electrons. The Labute approximate surface area is 253 Å². The van der Waals surface area contributed by atoms with E-state index in [1.807, 2.05) is 13.8 Å². The summed E-state index contributed by atoms with van der Waals surface area (Å²) in [6.45, 7) is 9.25. The molecule has 10 nitrogen and oxygen atoms in total. The van der Waals surface area contributed by atoms with Crippen LogP contribution in [0.1, 0.15) is 52.6 Å². The van der Waals surface area contributed by atoms with E-state index >= 15 is 0 Å². The van der Waals surface area contributed by atoms with E-state index in [1.165, 1.54) is 4.90 Å². The van der Waals surface area contributed by atoms with Crippen molar-refractivity contribution in [1.82, 2.24) is 15.0 Å². The summed E-state index contributed by atoms with van der Waals surface area (Å²) in [6, 6.07) is 9.43. The molecule has 2 aromatic carbocycles. The second kappa shape index (κ2) is 12.6. The molecule has 4 rings (SSSR count). The maximum atomic E-state index is 13.0. The number of amides is 1. The maximum Gasteiger partial charge on any atom is 1.00 e. The number of hydrogen-bond acceptors (Lipinski definition) is 9. The van der Waals surface area contributed by atoms with Crippen LogP contribution in [0, 0.1) is 0 Å². The summed E-state index contributed by atoms with van der Waals surface area (Å²) in [4.78, 5) is 30.5. The number of carbonyl (C=O) groups excluding carboxylic acids is 2. The zero-order chi connectivity index (χ0) is 27.6. The van der Waals surface area contributed by atoms with E-state index in [9.17, 15) is 14.7 Å². The molecule has 2 heterocycles. The Morgan fingerprint density at radius 2 is 1.97 bits per heavy atom. The van der Waals surface area contributed by atoms with Gasteiger partial charge in [0.15, 0.2) is 0 Å². The van der Waals surface area contributed by atoms with E-state index in [4.69, 9.17) is 30.3 Å². The van der Waals surface area contributed by atoms with Crippen LogP contribution in [-0.2, 0) is 9.53 Å². The molecule has 39 heavy (non-hydrogen) atoms. The summed E-state index contributed by atoms with van der Waals surface area (Å²) in [5.41, 5.74) is 0.792. The Kier molecular flexibility index (Phi) is 9.93. The molecule has 1 aliphatic rings. The molecule has 3 aromatic rings. The zero-order valence-corrected chi connectivity index (χ0v) is 25.6. The van der Waals surface area contributed by atoms with Crippen LogP contribution >= 0.6 is 11.6 Å². The Hall–Kier alpha value is -2.79. The van der Waals surface area contributed by atoms with Crippen molar-refractivity contribution in [2.45, 2.75) is 58.8 Å². The maximum absolute atomic E-state index is 13.0. The number of hydrogen-bond donors (Lipinski definition) is 0. The second-order valence-electron chi connectivity index (χ2n) is 10.1. The molecule has 0 spiro atoms. The van der Waals surface area contributed by atoms with Crippen LogP contribution in [0.25, 0.3) is 22.8 Å². The molecule has 0 aliphatic carbocycles. The number of aromatic nitrogens is 2. The van der Waals surface area contributed by atoms with Crippen molar-refractivity contribution in [3.8, 4) is 34.3 Å². The topological polar surface area (TPSA) is 127 Å². The fourth-order valence-electron chi connectivity index (χ4n) is 4.07. The summed E-state index contributed by atoms with van der Waals surface area (Å²) in [7, 11) is 0. The van der Waals surface area contributed by atoms with Gasteiger partial charge in [-0.3, -0.25) is 4.90 Å². The summed E-state index contributed by atoms with van der Waals surface area (Å²) >= 11 is 6.37. The number of carboxylic acid groups (broad SMARTS) is 1. The third-order valence-corrected chi connectivity index (χ3v) is 5.85. The van der Waals surface area contributed by atoms with Crippen LogP contribution in [0.4, 0.5) is 4.79 Å². The van der Waals surface area contributed by atoms with Crippen molar-refractivity contribution in [3.05, 3.63) is 47.0 Å². The molecule has 1 aliphatic heterocycles. The van der Waals surface area contributed by atoms with Crippen LogP contribution in [0.3, 0.4) is 0 Å². The minimum Gasteiger partial charge on any atom is -0.550 e. The molecule has 1 atom stereocenters. The van der Waals surface area contributed by atoms with Crippen LogP contribution in [0.15, 0.2) is 40.9 Å². The Morgan fingerprint density at radius 3 is 2.62 bits per heavy atom. The van der Waals surface area contributed by atoms with Gasteiger partial charge in [-0.1, -0.05) is 28.9 Å². The molecule has 1 unspecified atom stereocenters. The number of para-hydroxylation sites is 1. The smallest absolute Gasteiger partial charge is 0.550 e. The van der Waals surface area contributed by atoms with Crippen molar-refractivity contribution in [1.29, 1.82) is 0 Å². The molecule has 0 bridgehead atoms. The van der Waals surface area contributed by atoms with Gasteiger partial charge in [-0.05, 0) is 58.9 Å². The predicted octanol–water partition coefficient (Wildman–Crippen LogP) is 1.66. The average Bonchev–Trinajstić information content (AvgIpc) is 3.23. The molecule has 1 amide bonds. The summed E-state index contributed by atoms with van der Waals surface area (Å²) in [6.07, 6.45) is -1.12. The van der Waals surface area contributed by atoms with E-state index in [0.717, 1.165) is 0 Å². The van der Waals surface area contributed by atoms with E-state index in [0.29, 0.717) is 33.2 Å². The fraction of sp³-hybridized carbons (Fsp3) is 0.407. The van der Waals surface area contributed by atoms with E-state index in [1.54, 1.807) is 57.2 Å². The standard InChI is InChI=1S/C27H30ClN3O7.Na/c1-15(2)36-21-10-9-16(13-19(21)28)25-29-24(30-38-25)18-8-6-7-17-20(14-22(32)33)31(11-12-35-23(17)18)26(34)37-27(3,4)5;/h6-10,13,15,20H,11-12,14H2,1-5H3,(H,32,33);/q;+1/p-1. The van der Waals surface area contributed by atoms with Crippen molar-refractivity contribution < 1.29 is 63.0 Å². The van der Waals surface area contributed by atoms with Crippen molar-refractivity contribution in [2.24, 2.45) is 0 Å². The minimum absolute atomic E-state index is 0. The Morgan fingerprint density at radius 1 is 1.23 bits per heavy atom. The number of carbonyl (C=O) groups is 2. The van der Waals surface area contributed by atoms with Gasteiger partial charge < -0.3 is 28.6 Å². The number of ether oxygens (including phenoxy) is 3. The van der Waals surface area contributed by atoms with Gasteiger partial charge in [0, 0.05) is 23.5 Å². The van der Waals surface area contributed by atoms with Gasteiger partial charge in [-0.2, -0.15) is 4.98 Å². The van der Waals surface area contributed by atoms with Crippen LogP contribution in [0.2, 0.25) is 5.02 Å². The first-order valence-corrected chi connectivity index (χ1v) is 12.6. The number of benzene rings is 2. The second-order valence-corrected chi connectivity index (χ2v) is 10.5. The first-order chi connectivity index (χ1) is 17.9. The molecule has 1 aromatic heterocycles. The van der Waals surface area contributed by atoms with Gasteiger partial charge in [-0.15, -0.1) is 0 Å². The number of carboxylic acids is 1. The van der Waals surface area contributed by atoms with E-state index in [2.05, 4.69) is 10.1 Å². The molecular formula is C27H29ClN3NaO7. The minimum atomic E-state index is -1.31. The van der Waals surface area contributed by atoms with E-state index < -0.39 is 30.1 Å². The van der Waals surface area contributed by atoms with Crippen molar-refractivity contribution in [2.75, 3.05) is 13.2 Å². The van der Waals surface area contributed by atoms with Gasteiger partial charge in [0.1, 0.15) is 23.7 Å². The van der Waals surface area contributed by atoms with Gasteiger partial charge in [-0.25, -0.2) is 4.79 Å². The van der Waals surface area contributed by atoms with Gasteiger partial charge in [0.2, 0.25) is 5.82 Å². The summed E-state index contributed by atoms with van der Waals surface area (Å²) < 4.78 is 22.7. The molecule has 12 heteroatoms. The zero-order valence-electron chi connectivity index (χ0n) is 22.8. The average molecular weight is 566 g/mol. The molecule has 0 radical (unpaired) electrons. The van der Waals surface area contributed by atoms with Crippen LogP contribution in [0.5, 0.6) is 11.5 Å². The summed E-state index contributed by atoms with van der Waals surface area (Å²) in [5, 5.41) is 16.2. The quantitative estimate of drug-likeness (QED) is 0.410. The Bertz CT molecular complexity index is 1340. The third-order valence-electron chi connectivity index (χ3n) is 5.56. The molecule has 0 N–H and O–H groups in total. The molecule has 0 saturated heterocycles. The number of halogens is 1. The van der Waals surface area contributed by atoms with Gasteiger partial charge in [0.25, 0.3) is 5.89 Å². The van der Waals surface area contributed by atoms with Gasteiger partial charge >= 0.3 is 35.7 Å². The normalized spacial score (nSPS) is 15.1. The number of aliphatic carboxylic acids is 1.